The molecule has 0 aliphatic heterocycles. The second-order valence-corrected chi connectivity index (χ2v) is 6.20. The zero-order valence-electron chi connectivity index (χ0n) is 12.6. The molecule has 0 atom stereocenters. The number of anilines is 1. The summed E-state index contributed by atoms with van der Waals surface area (Å²) in [6, 6.07) is 8.09. The van der Waals surface area contributed by atoms with E-state index in [1.165, 1.54) is 5.39 Å². The number of fused-ring (bicyclic) bond motifs is 1. The zero-order valence-corrected chi connectivity index (χ0v) is 12.6. The second-order valence-electron chi connectivity index (χ2n) is 6.20. The van der Waals surface area contributed by atoms with Crippen LogP contribution in [-0.4, -0.2) is 41.6 Å². The first-order valence-corrected chi connectivity index (χ1v) is 7.32. The van der Waals surface area contributed by atoms with Gasteiger partial charge in [-0.1, -0.05) is 6.07 Å². The van der Waals surface area contributed by atoms with Crippen molar-refractivity contribution in [3.63, 3.8) is 0 Å². The molecule has 3 rings (SSSR count). The van der Waals surface area contributed by atoms with E-state index in [9.17, 15) is 4.79 Å². The van der Waals surface area contributed by atoms with Crippen LogP contribution in [0.25, 0.3) is 10.9 Å². The molecule has 5 heteroatoms. The lowest BCUT2D eigenvalue weighted by molar-refractivity contribution is -0.118. The van der Waals surface area contributed by atoms with E-state index in [-0.39, 0.29) is 5.91 Å². The SMILES string of the molecule is CN(C)CCn1ccc2ccc(NC(=O)C3(N)CC3)cc21. The molecular formula is C16H22N4O. The Labute approximate surface area is 124 Å². The lowest BCUT2D eigenvalue weighted by Gasteiger charge is -2.13. The molecule has 0 unspecified atom stereocenters. The first-order chi connectivity index (χ1) is 9.98. The predicted molar refractivity (Wildman–Crippen MR) is 85.3 cm³/mol. The van der Waals surface area contributed by atoms with E-state index < -0.39 is 5.54 Å². The molecule has 1 aromatic heterocycles. The van der Waals surface area contributed by atoms with Gasteiger partial charge in [-0.2, -0.15) is 0 Å². The summed E-state index contributed by atoms with van der Waals surface area (Å²) in [5.74, 6) is -0.0757. The van der Waals surface area contributed by atoms with E-state index >= 15 is 0 Å². The highest BCUT2D eigenvalue weighted by Gasteiger charge is 2.45. The Morgan fingerprint density at radius 1 is 1.38 bits per heavy atom. The molecule has 21 heavy (non-hydrogen) atoms. The Balaban J connectivity index is 1.81. The zero-order chi connectivity index (χ0) is 15.0. The smallest absolute Gasteiger partial charge is 0.244 e. The molecule has 1 aliphatic carbocycles. The molecule has 3 N–H and O–H groups in total. The molecule has 2 aromatic rings. The van der Waals surface area contributed by atoms with Gasteiger partial charge >= 0.3 is 0 Å². The van der Waals surface area contributed by atoms with Gasteiger partial charge in [0, 0.05) is 25.0 Å². The van der Waals surface area contributed by atoms with Crippen molar-refractivity contribution in [2.45, 2.75) is 24.9 Å². The minimum atomic E-state index is -0.637. The lowest BCUT2D eigenvalue weighted by Crippen LogP contribution is -2.37. The van der Waals surface area contributed by atoms with Crippen molar-refractivity contribution >= 4 is 22.5 Å². The van der Waals surface area contributed by atoms with Crippen molar-refractivity contribution in [3.05, 3.63) is 30.5 Å². The molecule has 0 spiro atoms. The van der Waals surface area contributed by atoms with Crippen LogP contribution in [-0.2, 0) is 11.3 Å². The van der Waals surface area contributed by atoms with E-state index in [0.717, 1.165) is 37.1 Å². The van der Waals surface area contributed by atoms with Crippen molar-refractivity contribution in [1.29, 1.82) is 0 Å². The number of nitrogens with two attached hydrogens (primary N) is 1. The molecular weight excluding hydrogens is 264 g/mol. The largest absolute Gasteiger partial charge is 0.346 e. The third-order valence-corrected chi connectivity index (χ3v) is 4.06. The molecule has 0 saturated heterocycles. The van der Waals surface area contributed by atoms with Gasteiger partial charge in [0.1, 0.15) is 0 Å². The maximum atomic E-state index is 12.0. The van der Waals surface area contributed by atoms with Crippen molar-refractivity contribution in [2.24, 2.45) is 5.73 Å². The van der Waals surface area contributed by atoms with Crippen molar-refractivity contribution in [1.82, 2.24) is 9.47 Å². The standard InChI is InChI=1S/C16H22N4O/c1-19(2)9-10-20-8-5-12-3-4-13(11-14(12)20)18-15(21)16(17)6-7-16/h3-5,8,11H,6-7,9-10,17H2,1-2H3,(H,18,21). The van der Waals surface area contributed by atoms with Crippen molar-refractivity contribution in [3.8, 4) is 0 Å². The third-order valence-electron chi connectivity index (χ3n) is 4.06. The number of benzene rings is 1. The van der Waals surface area contributed by atoms with Crippen LogP contribution < -0.4 is 11.1 Å². The fraction of sp³-hybridized carbons (Fsp3) is 0.438. The van der Waals surface area contributed by atoms with Gasteiger partial charge in [-0.3, -0.25) is 4.79 Å². The van der Waals surface area contributed by atoms with Crippen LogP contribution in [0.5, 0.6) is 0 Å². The van der Waals surface area contributed by atoms with Gasteiger partial charge in [-0.05, 0) is 50.5 Å². The van der Waals surface area contributed by atoms with Crippen LogP contribution in [0, 0.1) is 0 Å². The number of likely N-dealkylation sites (N-methyl/N-ethyl adjacent to an activating group) is 1. The number of carbonyl (C=O) groups excluding carboxylic acids is 1. The molecule has 1 amide bonds. The highest BCUT2D eigenvalue weighted by atomic mass is 16.2. The quantitative estimate of drug-likeness (QED) is 0.878. The van der Waals surface area contributed by atoms with Gasteiger partial charge in [0.15, 0.2) is 0 Å². The van der Waals surface area contributed by atoms with Crippen LogP contribution in [0.3, 0.4) is 0 Å². The second kappa shape index (κ2) is 5.16. The summed E-state index contributed by atoms with van der Waals surface area (Å²) in [7, 11) is 4.13. The summed E-state index contributed by atoms with van der Waals surface area (Å²) in [6.45, 7) is 1.90. The number of carbonyl (C=O) groups is 1. The highest BCUT2D eigenvalue weighted by Crippen LogP contribution is 2.33. The average molecular weight is 286 g/mol. The maximum absolute atomic E-state index is 12.0. The molecule has 5 nitrogen and oxygen atoms in total. The van der Waals surface area contributed by atoms with Gasteiger partial charge in [-0.15, -0.1) is 0 Å². The topological polar surface area (TPSA) is 63.3 Å². The summed E-state index contributed by atoms with van der Waals surface area (Å²) >= 11 is 0. The van der Waals surface area contributed by atoms with Gasteiger partial charge in [0.05, 0.1) is 11.1 Å². The first kappa shape index (κ1) is 14.1. The lowest BCUT2D eigenvalue weighted by atomic mass is 10.2. The summed E-state index contributed by atoms with van der Waals surface area (Å²) in [5, 5.41) is 4.11. The van der Waals surface area contributed by atoms with E-state index in [0.29, 0.717) is 0 Å². The van der Waals surface area contributed by atoms with E-state index in [4.69, 9.17) is 5.73 Å². The first-order valence-electron chi connectivity index (χ1n) is 7.32. The predicted octanol–water partition coefficient (Wildman–Crippen LogP) is 1.63. The number of rotatable bonds is 5. The van der Waals surface area contributed by atoms with Gasteiger partial charge in [0.25, 0.3) is 0 Å². The number of hydrogen-bond donors (Lipinski definition) is 2. The van der Waals surface area contributed by atoms with Crippen LogP contribution in [0.4, 0.5) is 5.69 Å². The molecule has 112 valence electrons. The van der Waals surface area contributed by atoms with E-state index in [1.54, 1.807) is 0 Å². The molecule has 1 aliphatic rings. The molecule has 0 radical (unpaired) electrons. The molecule has 1 fully saturated rings. The Hall–Kier alpha value is -1.85. The van der Waals surface area contributed by atoms with Crippen LogP contribution in [0.15, 0.2) is 30.5 Å². The number of amides is 1. The third kappa shape index (κ3) is 2.94. The number of nitrogens with one attached hydrogen (secondary N) is 1. The minimum Gasteiger partial charge on any atom is -0.346 e. The number of hydrogen-bond acceptors (Lipinski definition) is 3. The van der Waals surface area contributed by atoms with Crippen molar-refractivity contribution < 1.29 is 4.79 Å². The van der Waals surface area contributed by atoms with Crippen LogP contribution in [0.1, 0.15) is 12.8 Å². The molecule has 1 aromatic carbocycles. The monoisotopic (exact) mass is 286 g/mol. The van der Waals surface area contributed by atoms with E-state index in [2.05, 4.69) is 41.1 Å². The number of nitrogens with zero attached hydrogens (tertiary/aromatic N) is 2. The van der Waals surface area contributed by atoms with Crippen LogP contribution in [0.2, 0.25) is 0 Å². The average Bonchev–Trinajstić information content (AvgIpc) is 3.07. The molecule has 1 heterocycles. The summed E-state index contributed by atoms with van der Waals surface area (Å²) < 4.78 is 2.21. The Bertz CT molecular complexity index is 670. The van der Waals surface area contributed by atoms with Gasteiger partial charge in [0.2, 0.25) is 5.91 Å². The van der Waals surface area contributed by atoms with Gasteiger partial charge in [-0.25, -0.2) is 0 Å². The Morgan fingerprint density at radius 2 is 2.14 bits per heavy atom. The molecule has 0 bridgehead atoms. The minimum absolute atomic E-state index is 0.0757. The summed E-state index contributed by atoms with van der Waals surface area (Å²) in [4.78, 5) is 14.2. The highest BCUT2D eigenvalue weighted by molar-refractivity contribution is 6.01. The number of aromatic nitrogens is 1. The molecule has 1 saturated carbocycles. The fourth-order valence-electron chi connectivity index (χ4n) is 2.38. The summed E-state index contributed by atoms with van der Waals surface area (Å²) in [5.41, 5.74) is 7.23. The van der Waals surface area contributed by atoms with Crippen LogP contribution >= 0.6 is 0 Å². The Morgan fingerprint density at radius 3 is 2.81 bits per heavy atom. The maximum Gasteiger partial charge on any atom is 0.244 e. The normalized spacial score (nSPS) is 16.4. The Kier molecular flexibility index (Phi) is 3.47. The van der Waals surface area contributed by atoms with Crippen molar-refractivity contribution in [2.75, 3.05) is 26.0 Å². The van der Waals surface area contributed by atoms with Gasteiger partial charge < -0.3 is 20.5 Å². The summed E-state index contributed by atoms with van der Waals surface area (Å²) in [6.07, 6.45) is 3.64. The fourth-order valence-corrected chi connectivity index (χ4v) is 2.38. The van der Waals surface area contributed by atoms with E-state index in [1.807, 2.05) is 18.2 Å².